The van der Waals surface area contributed by atoms with Gasteiger partial charge in [0, 0.05) is 27.9 Å². The summed E-state index contributed by atoms with van der Waals surface area (Å²) in [5.41, 5.74) is 15.8. The van der Waals surface area contributed by atoms with Gasteiger partial charge >= 0.3 is 0 Å². The lowest BCUT2D eigenvalue weighted by Crippen LogP contribution is -2.18. The normalized spacial score (nSPS) is 15.4. The molecular weight excluding hydrogens is 458 g/mol. The third-order valence-electron chi connectivity index (χ3n) is 9.01. The van der Waals surface area contributed by atoms with Crippen LogP contribution in [0.3, 0.4) is 0 Å². The van der Waals surface area contributed by atoms with Crippen LogP contribution in [0.2, 0.25) is 0 Å². The van der Waals surface area contributed by atoms with Crippen LogP contribution in [0.5, 0.6) is 0 Å². The zero-order valence-electron chi connectivity index (χ0n) is 22.8. The van der Waals surface area contributed by atoms with Gasteiger partial charge in [0.2, 0.25) is 0 Å². The summed E-state index contributed by atoms with van der Waals surface area (Å²) in [4.78, 5) is 2.45. The summed E-state index contributed by atoms with van der Waals surface area (Å²) < 4.78 is 0. The zero-order chi connectivity index (χ0) is 26.2. The molecule has 0 saturated heterocycles. The number of hydrogen-bond donors (Lipinski definition) is 0. The Balaban J connectivity index is 1.43. The Morgan fingerprint density at radius 3 is 1.37 bits per heavy atom. The second-order valence-corrected chi connectivity index (χ2v) is 11.9. The minimum absolute atomic E-state index is 0.0408. The fourth-order valence-corrected chi connectivity index (χ4v) is 6.90. The second kappa shape index (κ2) is 7.95. The predicted octanol–water partition coefficient (Wildman–Crippen LogP) is 10.1. The van der Waals surface area contributed by atoms with Crippen molar-refractivity contribution < 1.29 is 0 Å². The van der Waals surface area contributed by atoms with Crippen molar-refractivity contribution in [3.05, 3.63) is 137 Å². The molecule has 0 aromatic heterocycles. The molecule has 2 aliphatic rings. The maximum Gasteiger partial charge on any atom is 0.0490 e. The van der Waals surface area contributed by atoms with E-state index in [1.165, 1.54) is 67.1 Å². The van der Waals surface area contributed by atoms with Gasteiger partial charge in [-0.3, -0.25) is 0 Å². The number of para-hydroxylation sites is 1. The first kappa shape index (κ1) is 23.0. The van der Waals surface area contributed by atoms with Crippen LogP contribution in [0.25, 0.3) is 22.3 Å². The van der Waals surface area contributed by atoms with E-state index in [2.05, 4.69) is 149 Å². The van der Waals surface area contributed by atoms with Gasteiger partial charge < -0.3 is 4.90 Å². The molecule has 0 amide bonds. The lowest BCUT2D eigenvalue weighted by Gasteiger charge is -2.30. The van der Waals surface area contributed by atoms with Crippen LogP contribution in [-0.2, 0) is 10.8 Å². The van der Waals surface area contributed by atoms with Gasteiger partial charge in [-0.05, 0) is 87.3 Å². The summed E-state index contributed by atoms with van der Waals surface area (Å²) >= 11 is 0. The first-order valence-corrected chi connectivity index (χ1v) is 13.6. The molecule has 0 saturated carbocycles. The highest BCUT2D eigenvalue weighted by molar-refractivity contribution is 5.88. The molecule has 38 heavy (non-hydrogen) atoms. The SMILES string of the molecule is Cc1ccccc1N(c1ccc2c(c1)C(C)(C)c1ccccc1-2)c1ccc2c(c1)C(C)(C)c1ccccc1-2. The van der Waals surface area contributed by atoms with E-state index in [-0.39, 0.29) is 10.8 Å². The minimum atomic E-state index is -0.0408. The third kappa shape index (κ3) is 3.11. The van der Waals surface area contributed by atoms with E-state index >= 15 is 0 Å². The monoisotopic (exact) mass is 491 g/mol. The van der Waals surface area contributed by atoms with Crippen LogP contribution >= 0.6 is 0 Å². The van der Waals surface area contributed by atoms with Gasteiger partial charge in [-0.25, -0.2) is 0 Å². The largest absolute Gasteiger partial charge is 0.310 e. The molecule has 0 atom stereocenters. The molecule has 0 unspecified atom stereocenters. The number of nitrogens with zero attached hydrogens (tertiary/aromatic N) is 1. The van der Waals surface area contributed by atoms with E-state index in [9.17, 15) is 0 Å². The van der Waals surface area contributed by atoms with Gasteiger partial charge in [0.1, 0.15) is 0 Å². The summed E-state index contributed by atoms with van der Waals surface area (Å²) in [6.07, 6.45) is 0. The molecule has 2 aliphatic carbocycles. The molecule has 7 rings (SSSR count). The molecule has 0 fully saturated rings. The molecule has 1 heteroatoms. The molecular formula is C37H33N. The highest BCUT2D eigenvalue weighted by Crippen LogP contribution is 2.53. The van der Waals surface area contributed by atoms with Crippen LogP contribution in [0.1, 0.15) is 55.5 Å². The summed E-state index contributed by atoms with van der Waals surface area (Å²) in [7, 11) is 0. The van der Waals surface area contributed by atoms with Crippen LogP contribution in [0.4, 0.5) is 17.1 Å². The number of anilines is 3. The molecule has 0 bridgehead atoms. The molecule has 0 radical (unpaired) electrons. The van der Waals surface area contributed by atoms with Gasteiger partial charge in [0.25, 0.3) is 0 Å². The Kier molecular flexibility index (Phi) is 4.82. The Morgan fingerprint density at radius 1 is 0.447 bits per heavy atom. The second-order valence-electron chi connectivity index (χ2n) is 11.9. The highest BCUT2D eigenvalue weighted by atomic mass is 15.1. The van der Waals surface area contributed by atoms with Gasteiger partial charge in [-0.15, -0.1) is 0 Å². The molecule has 0 heterocycles. The number of benzene rings is 5. The fraction of sp³-hybridized carbons (Fsp3) is 0.189. The zero-order valence-corrected chi connectivity index (χ0v) is 22.8. The molecule has 0 spiro atoms. The van der Waals surface area contributed by atoms with Crippen molar-refractivity contribution in [1.29, 1.82) is 0 Å². The molecule has 0 N–H and O–H groups in total. The van der Waals surface area contributed by atoms with Gasteiger partial charge in [-0.1, -0.05) is 107 Å². The van der Waals surface area contributed by atoms with E-state index in [0.29, 0.717) is 0 Å². The van der Waals surface area contributed by atoms with Crippen LogP contribution in [-0.4, -0.2) is 0 Å². The smallest absolute Gasteiger partial charge is 0.0490 e. The number of rotatable bonds is 3. The third-order valence-corrected chi connectivity index (χ3v) is 9.01. The van der Waals surface area contributed by atoms with Gasteiger partial charge in [0.05, 0.1) is 0 Å². The number of fused-ring (bicyclic) bond motifs is 6. The first-order chi connectivity index (χ1) is 18.3. The first-order valence-electron chi connectivity index (χ1n) is 13.6. The summed E-state index contributed by atoms with van der Waals surface area (Å²) in [5, 5.41) is 0. The maximum atomic E-state index is 2.45. The topological polar surface area (TPSA) is 3.24 Å². The molecule has 5 aromatic rings. The van der Waals surface area contributed by atoms with E-state index in [4.69, 9.17) is 0 Å². The van der Waals surface area contributed by atoms with Crippen LogP contribution in [0.15, 0.2) is 109 Å². The quantitative estimate of drug-likeness (QED) is 0.243. The number of hydrogen-bond acceptors (Lipinski definition) is 1. The van der Waals surface area contributed by atoms with E-state index in [0.717, 1.165) is 0 Å². The Labute approximate surface area is 226 Å². The van der Waals surface area contributed by atoms with Crippen LogP contribution in [0, 0.1) is 6.92 Å². The van der Waals surface area contributed by atoms with Crippen molar-refractivity contribution in [1.82, 2.24) is 0 Å². The average molecular weight is 492 g/mol. The van der Waals surface area contributed by atoms with Gasteiger partial charge in [0.15, 0.2) is 0 Å². The Morgan fingerprint density at radius 2 is 0.868 bits per heavy atom. The van der Waals surface area contributed by atoms with Crippen LogP contribution < -0.4 is 4.90 Å². The minimum Gasteiger partial charge on any atom is -0.310 e. The van der Waals surface area contributed by atoms with Crippen molar-refractivity contribution >= 4 is 17.1 Å². The lowest BCUT2D eigenvalue weighted by atomic mass is 9.82. The average Bonchev–Trinajstić information content (AvgIpc) is 3.30. The summed E-state index contributed by atoms with van der Waals surface area (Å²) in [6.45, 7) is 11.6. The van der Waals surface area contributed by atoms with Crippen molar-refractivity contribution in [3.63, 3.8) is 0 Å². The Bertz CT molecular complexity index is 1630. The Hall–Kier alpha value is -4.10. The van der Waals surface area contributed by atoms with Gasteiger partial charge in [-0.2, -0.15) is 0 Å². The molecule has 0 aliphatic heterocycles. The van der Waals surface area contributed by atoms with E-state index in [1.807, 2.05) is 0 Å². The standard InChI is InChI=1S/C37H33N/c1-24-12-6-11-17-35(24)38(25-18-20-29-27-13-7-9-15-31(27)36(2,3)33(29)22-25)26-19-21-30-28-14-8-10-16-32(28)37(4,5)34(30)23-26/h6-23H,1-5H3. The van der Waals surface area contributed by atoms with E-state index < -0.39 is 0 Å². The fourth-order valence-electron chi connectivity index (χ4n) is 6.90. The molecule has 5 aromatic carbocycles. The predicted molar refractivity (Wildman–Crippen MR) is 161 cm³/mol. The summed E-state index contributed by atoms with van der Waals surface area (Å²) in [5.74, 6) is 0. The molecule has 1 nitrogen and oxygen atoms in total. The van der Waals surface area contributed by atoms with E-state index in [1.54, 1.807) is 0 Å². The summed E-state index contributed by atoms with van der Waals surface area (Å²) in [6, 6.07) is 40.6. The van der Waals surface area contributed by atoms with Crippen molar-refractivity contribution in [2.24, 2.45) is 0 Å². The number of aryl methyl sites for hydroxylation is 1. The van der Waals surface area contributed by atoms with Crippen molar-refractivity contribution in [2.45, 2.75) is 45.4 Å². The highest BCUT2D eigenvalue weighted by Gasteiger charge is 2.37. The van der Waals surface area contributed by atoms with Crippen molar-refractivity contribution in [3.8, 4) is 22.3 Å². The lowest BCUT2D eigenvalue weighted by molar-refractivity contribution is 0.660. The molecule has 186 valence electrons. The maximum absolute atomic E-state index is 2.45. The van der Waals surface area contributed by atoms with Crippen molar-refractivity contribution in [2.75, 3.05) is 4.90 Å².